The van der Waals surface area contributed by atoms with Crippen molar-refractivity contribution in [2.24, 2.45) is 0 Å². The van der Waals surface area contributed by atoms with E-state index in [1.807, 2.05) is 10.9 Å². The molecule has 0 aliphatic carbocycles. The molecule has 0 spiro atoms. The van der Waals surface area contributed by atoms with Crippen molar-refractivity contribution in [2.45, 2.75) is 57.3 Å². The first kappa shape index (κ1) is 33.9. The number of amides is 3. The van der Waals surface area contributed by atoms with Gasteiger partial charge in [-0.05, 0) is 49.1 Å². The second-order valence-electron chi connectivity index (χ2n) is 12.7. The van der Waals surface area contributed by atoms with Gasteiger partial charge in [0.1, 0.15) is 17.7 Å². The van der Waals surface area contributed by atoms with Crippen LogP contribution in [0.2, 0.25) is 10.0 Å². The average Bonchev–Trinajstić information content (AvgIpc) is 3.72. The highest BCUT2D eigenvalue weighted by atomic mass is 35.5. The zero-order valence-electron chi connectivity index (χ0n) is 26.8. The van der Waals surface area contributed by atoms with E-state index in [1.165, 1.54) is 17.0 Å². The lowest BCUT2D eigenvalue weighted by Gasteiger charge is -2.32. The summed E-state index contributed by atoms with van der Waals surface area (Å²) in [6.07, 6.45) is 7.60. The molecular formula is C35H33Cl2F2N7O4. The van der Waals surface area contributed by atoms with Gasteiger partial charge < -0.3 is 15.4 Å². The Bertz CT molecular complexity index is 2000. The minimum Gasteiger partial charge on any atom is -0.489 e. The predicted octanol–water partition coefficient (Wildman–Crippen LogP) is 5.33. The van der Waals surface area contributed by atoms with Gasteiger partial charge >= 0.3 is 0 Å². The number of nitrogen functional groups attached to an aromatic ring is 1. The molecule has 3 amide bonds. The van der Waals surface area contributed by atoms with Crippen LogP contribution in [0.5, 0.6) is 5.75 Å². The number of hydrogen-bond acceptors (Lipinski definition) is 8. The maximum Gasteiger partial charge on any atom is 0.255 e. The van der Waals surface area contributed by atoms with Crippen molar-refractivity contribution in [1.29, 1.82) is 0 Å². The molecule has 15 heteroatoms. The Morgan fingerprint density at radius 1 is 1.02 bits per heavy atom. The van der Waals surface area contributed by atoms with E-state index in [9.17, 15) is 18.8 Å². The summed E-state index contributed by atoms with van der Waals surface area (Å²) in [6.45, 7) is 1.99. The molecule has 2 aromatic heterocycles. The Morgan fingerprint density at radius 3 is 2.60 bits per heavy atom. The van der Waals surface area contributed by atoms with Gasteiger partial charge in [-0.15, -0.1) is 0 Å². The summed E-state index contributed by atoms with van der Waals surface area (Å²) in [5.41, 5.74) is 9.18. The monoisotopic (exact) mass is 723 g/mol. The Balaban J connectivity index is 0.949. The maximum atomic E-state index is 15.7. The van der Waals surface area contributed by atoms with Crippen molar-refractivity contribution in [3.63, 3.8) is 0 Å². The number of piperidine rings is 2. The van der Waals surface area contributed by atoms with E-state index in [4.69, 9.17) is 33.7 Å². The van der Waals surface area contributed by atoms with Crippen molar-refractivity contribution in [3.8, 4) is 16.9 Å². The summed E-state index contributed by atoms with van der Waals surface area (Å²) < 4.78 is 37.4. The lowest BCUT2D eigenvalue weighted by atomic mass is 10.0. The smallest absolute Gasteiger partial charge is 0.255 e. The number of rotatable bonds is 9. The van der Waals surface area contributed by atoms with Crippen LogP contribution in [0.4, 0.5) is 14.6 Å². The van der Waals surface area contributed by atoms with Crippen LogP contribution in [0.15, 0.2) is 48.9 Å². The highest BCUT2D eigenvalue weighted by Crippen LogP contribution is 2.34. The van der Waals surface area contributed by atoms with Gasteiger partial charge in [0.25, 0.3) is 5.91 Å². The average molecular weight is 725 g/mol. The van der Waals surface area contributed by atoms with Crippen LogP contribution in [0.3, 0.4) is 0 Å². The summed E-state index contributed by atoms with van der Waals surface area (Å²) in [5, 5.41) is 7.20. The number of ether oxygens (including phenoxy) is 1. The minimum absolute atomic E-state index is 0.000372. The molecule has 5 heterocycles. The fraction of sp³-hybridized carbons (Fsp3) is 0.343. The summed E-state index contributed by atoms with van der Waals surface area (Å²) in [5.74, 6) is -1.67. The molecule has 260 valence electrons. The van der Waals surface area contributed by atoms with Gasteiger partial charge in [0.15, 0.2) is 11.6 Å². The standard InChI is InChI=1S/C35H33Cl2F2N7O4/c36-26-3-4-27(38)31(37)24(26)9-12-50-29-13-20(14-41-33(29)40)21-15-42-46(17-21)22-7-10-44(11-8-22)16-19-1-2-23-25(32(19)39)18-45(35(23)49)28-5-6-30(47)43-34(28)48/h1-4,13-15,17,22,28H,5-12,16,18H2,(H2,40,41)(H,43,47,48)/t28-/m1/s1. The topological polar surface area (TPSA) is 136 Å². The van der Waals surface area contributed by atoms with Gasteiger partial charge in [-0.3, -0.25) is 29.3 Å². The molecule has 50 heavy (non-hydrogen) atoms. The van der Waals surface area contributed by atoms with E-state index in [2.05, 4.69) is 20.3 Å². The number of nitrogens with one attached hydrogen (secondary N) is 1. The van der Waals surface area contributed by atoms with Crippen LogP contribution in [-0.2, 0) is 29.1 Å². The zero-order chi connectivity index (χ0) is 35.1. The number of carbonyl (C=O) groups excluding carboxylic acids is 3. The summed E-state index contributed by atoms with van der Waals surface area (Å²) in [6, 6.07) is 7.09. The number of fused-ring (bicyclic) bond motifs is 1. The molecule has 3 N–H and O–H groups in total. The molecule has 2 saturated heterocycles. The normalized spacial score (nSPS) is 18.4. The summed E-state index contributed by atoms with van der Waals surface area (Å²) >= 11 is 12.3. The van der Waals surface area contributed by atoms with E-state index in [-0.39, 0.29) is 60.8 Å². The molecule has 7 rings (SSSR count). The molecule has 0 bridgehead atoms. The van der Waals surface area contributed by atoms with Gasteiger partial charge in [-0.1, -0.05) is 29.3 Å². The van der Waals surface area contributed by atoms with Gasteiger partial charge in [0, 0.05) is 77.7 Å². The molecule has 2 fully saturated rings. The number of pyridine rings is 1. The number of nitrogens with two attached hydrogens (primary N) is 1. The number of nitrogens with zero attached hydrogens (tertiary/aromatic N) is 5. The largest absolute Gasteiger partial charge is 0.489 e. The molecule has 4 aromatic rings. The fourth-order valence-corrected chi connectivity index (χ4v) is 7.39. The predicted molar refractivity (Wildman–Crippen MR) is 181 cm³/mol. The van der Waals surface area contributed by atoms with Crippen molar-refractivity contribution in [2.75, 3.05) is 25.4 Å². The molecule has 0 radical (unpaired) electrons. The van der Waals surface area contributed by atoms with Crippen LogP contribution in [0, 0.1) is 11.6 Å². The minimum atomic E-state index is -0.790. The van der Waals surface area contributed by atoms with E-state index >= 15 is 4.39 Å². The van der Waals surface area contributed by atoms with Gasteiger partial charge in [0.2, 0.25) is 11.8 Å². The molecule has 0 saturated carbocycles. The van der Waals surface area contributed by atoms with Gasteiger partial charge in [-0.2, -0.15) is 5.10 Å². The van der Waals surface area contributed by atoms with E-state index in [0.717, 1.165) is 37.1 Å². The molecule has 1 atom stereocenters. The third-order valence-electron chi connectivity index (χ3n) is 9.62. The summed E-state index contributed by atoms with van der Waals surface area (Å²) in [7, 11) is 0. The highest BCUT2D eigenvalue weighted by molar-refractivity contribution is 6.36. The number of benzene rings is 2. The molecule has 0 unspecified atom stereocenters. The Morgan fingerprint density at radius 2 is 1.82 bits per heavy atom. The lowest BCUT2D eigenvalue weighted by Crippen LogP contribution is -2.52. The third-order valence-corrected chi connectivity index (χ3v) is 10.4. The number of hydrogen-bond donors (Lipinski definition) is 2. The van der Waals surface area contributed by atoms with E-state index in [0.29, 0.717) is 34.0 Å². The van der Waals surface area contributed by atoms with Crippen LogP contribution in [-0.4, -0.2) is 68.0 Å². The van der Waals surface area contributed by atoms with Crippen LogP contribution in [0.1, 0.15) is 58.8 Å². The van der Waals surface area contributed by atoms with Gasteiger partial charge in [-0.25, -0.2) is 13.8 Å². The first-order chi connectivity index (χ1) is 24.1. The SMILES string of the molecule is Nc1ncc(-c2cnn(C3CCN(Cc4ccc5c(c4F)CN([C@@H]4CCC(=O)NC4=O)C5=O)CC3)c2)cc1OCCc1c(Cl)ccc(F)c1Cl. The first-order valence-corrected chi connectivity index (χ1v) is 17.1. The third kappa shape index (κ3) is 6.64. The van der Waals surface area contributed by atoms with Crippen molar-refractivity contribution in [3.05, 3.63) is 92.9 Å². The maximum absolute atomic E-state index is 15.7. The molecule has 3 aliphatic rings. The number of anilines is 1. The first-order valence-electron chi connectivity index (χ1n) is 16.3. The quantitative estimate of drug-likeness (QED) is 0.175. The second kappa shape index (κ2) is 14.0. The molecule has 2 aromatic carbocycles. The van der Waals surface area contributed by atoms with Crippen LogP contribution < -0.4 is 15.8 Å². The number of carbonyl (C=O) groups is 3. The van der Waals surface area contributed by atoms with Gasteiger partial charge in [0.05, 0.1) is 30.4 Å². The molecule has 3 aliphatic heterocycles. The van der Waals surface area contributed by atoms with E-state index in [1.54, 1.807) is 30.6 Å². The van der Waals surface area contributed by atoms with Crippen molar-refractivity contribution in [1.82, 2.24) is 29.9 Å². The zero-order valence-corrected chi connectivity index (χ0v) is 28.3. The number of aromatic nitrogens is 3. The van der Waals surface area contributed by atoms with Crippen molar-refractivity contribution < 1.29 is 27.9 Å². The fourth-order valence-electron chi connectivity index (χ4n) is 6.83. The highest BCUT2D eigenvalue weighted by Gasteiger charge is 2.40. The Kier molecular flexibility index (Phi) is 9.46. The van der Waals surface area contributed by atoms with Crippen LogP contribution >= 0.6 is 23.2 Å². The Hall–Kier alpha value is -4.59. The molecule has 11 nitrogen and oxygen atoms in total. The number of halogens is 4. The summed E-state index contributed by atoms with van der Waals surface area (Å²) in [4.78, 5) is 44.8. The molecular weight excluding hydrogens is 691 g/mol. The van der Waals surface area contributed by atoms with Crippen molar-refractivity contribution >= 4 is 46.7 Å². The number of likely N-dealkylation sites (tertiary alicyclic amines) is 1. The Labute approximate surface area is 296 Å². The lowest BCUT2D eigenvalue weighted by molar-refractivity contribution is -0.136. The second-order valence-corrected chi connectivity index (χ2v) is 13.5. The number of imide groups is 1. The van der Waals surface area contributed by atoms with Crippen LogP contribution in [0.25, 0.3) is 11.1 Å². The van der Waals surface area contributed by atoms with E-state index < -0.39 is 29.5 Å².